The van der Waals surface area contributed by atoms with Crippen molar-refractivity contribution >= 4 is 0 Å². The van der Waals surface area contributed by atoms with Gasteiger partial charge in [-0.15, -0.1) is 6.42 Å². The third-order valence-electron chi connectivity index (χ3n) is 2.26. The first kappa shape index (κ1) is 8.06. The van der Waals surface area contributed by atoms with E-state index in [0.29, 0.717) is 12.2 Å². The number of hydrogen-bond donors (Lipinski definition) is 1. The third kappa shape index (κ3) is 1.35. The van der Waals surface area contributed by atoms with E-state index in [4.69, 9.17) is 6.42 Å². The molecule has 0 radical (unpaired) electrons. The highest BCUT2D eigenvalue weighted by Crippen LogP contribution is 2.15. The number of aromatic nitrogens is 2. The summed E-state index contributed by atoms with van der Waals surface area (Å²) in [7, 11) is 0. The van der Waals surface area contributed by atoms with Gasteiger partial charge < -0.3 is 4.98 Å². The average Bonchev–Trinajstić information content (AvgIpc) is 2.53. The summed E-state index contributed by atoms with van der Waals surface area (Å²) >= 11 is 0. The first-order chi connectivity index (χ1) is 6.31. The van der Waals surface area contributed by atoms with Crippen LogP contribution in [0.15, 0.2) is 4.79 Å². The summed E-state index contributed by atoms with van der Waals surface area (Å²) in [5, 5.41) is 0. The van der Waals surface area contributed by atoms with E-state index >= 15 is 0 Å². The molecule has 0 fully saturated rings. The molecule has 3 heteroatoms. The Labute approximate surface area is 76.2 Å². The van der Waals surface area contributed by atoms with Crippen LogP contribution in [0.5, 0.6) is 0 Å². The highest BCUT2D eigenvalue weighted by Gasteiger charge is 2.16. The van der Waals surface area contributed by atoms with E-state index < -0.39 is 0 Å². The number of terminal acetylenes is 1. The molecular formula is C10H10N2O. The molecule has 1 aliphatic rings. The van der Waals surface area contributed by atoms with Crippen molar-refractivity contribution in [1.29, 1.82) is 0 Å². The van der Waals surface area contributed by atoms with Gasteiger partial charge in [0.25, 0.3) is 5.56 Å². The lowest BCUT2D eigenvalue weighted by Gasteiger charge is -1.99. The van der Waals surface area contributed by atoms with E-state index in [1.54, 1.807) is 0 Å². The van der Waals surface area contributed by atoms with E-state index in [0.717, 1.165) is 30.5 Å². The van der Waals surface area contributed by atoms with Gasteiger partial charge in [0.1, 0.15) is 5.82 Å². The Bertz CT molecular complexity index is 426. The monoisotopic (exact) mass is 174 g/mol. The maximum atomic E-state index is 11.4. The third-order valence-corrected chi connectivity index (χ3v) is 2.26. The van der Waals surface area contributed by atoms with Crippen LogP contribution in [0.25, 0.3) is 0 Å². The Morgan fingerprint density at radius 3 is 3.15 bits per heavy atom. The van der Waals surface area contributed by atoms with Crippen molar-refractivity contribution in [2.75, 3.05) is 0 Å². The molecule has 0 bridgehead atoms. The van der Waals surface area contributed by atoms with Crippen molar-refractivity contribution in [2.24, 2.45) is 0 Å². The van der Waals surface area contributed by atoms with Crippen molar-refractivity contribution in [3.8, 4) is 12.3 Å². The van der Waals surface area contributed by atoms with Gasteiger partial charge in [-0.2, -0.15) is 0 Å². The summed E-state index contributed by atoms with van der Waals surface area (Å²) in [5.74, 6) is 3.09. The minimum absolute atomic E-state index is 0.00671. The standard InChI is InChI=1S/C10H10N2O/c1-2-4-9-11-8-6-3-5-7(8)10(13)12-9/h1H,3-6H2,(H,11,12,13). The molecule has 13 heavy (non-hydrogen) atoms. The van der Waals surface area contributed by atoms with Crippen LogP contribution in [-0.4, -0.2) is 9.97 Å². The van der Waals surface area contributed by atoms with Gasteiger partial charge in [-0.25, -0.2) is 4.98 Å². The van der Waals surface area contributed by atoms with E-state index in [1.807, 2.05) is 0 Å². The fourth-order valence-electron chi connectivity index (χ4n) is 1.67. The minimum Gasteiger partial charge on any atom is -0.309 e. The summed E-state index contributed by atoms with van der Waals surface area (Å²) in [5.41, 5.74) is 1.78. The summed E-state index contributed by atoms with van der Waals surface area (Å²) in [6.07, 6.45) is 8.35. The van der Waals surface area contributed by atoms with Crippen molar-refractivity contribution in [3.05, 3.63) is 27.4 Å². The van der Waals surface area contributed by atoms with E-state index in [9.17, 15) is 4.79 Å². The largest absolute Gasteiger partial charge is 0.309 e. The molecule has 2 rings (SSSR count). The van der Waals surface area contributed by atoms with Crippen LogP contribution in [0, 0.1) is 12.3 Å². The molecule has 1 aromatic rings. The fourth-order valence-corrected chi connectivity index (χ4v) is 1.67. The van der Waals surface area contributed by atoms with Crippen LogP contribution in [0.1, 0.15) is 23.5 Å². The quantitative estimate of drug-likeness (QED) is 0.628. The molecule has 0 spiro atoms. The van der Waals surface area contributed by atoms with Gasteiger partial charge in [0.2, 0.25) is 0 Å². The Morgan fingerprint density at radius 1 is 1.54 bits per heavy atom. The van der Waals surface area contributed by atoms with E-state index in [-0.39, 0.29) is 5.56 Å². The van der Waals surface area contributed by atoms with Crippen LogP contribution < -0.4 is 5.56 Å². The highest BCUT2D eigenvalue weighted by molar-refractivity contribution is 5.23. The number of rotatable bonds is 1. The normalized spacial score (nSPS) is 13.8. The number of fused-ring (bicyclic) bond motifs is 1. The predicted molar refractivity (Wildman–Crippen MR) is 49.4 cm³/mol. The number of H-pyrrole nitrogens is 1. The second kappa shape index (κ2) is 3.06. The SMILES string of the molecule is C#CCc1nc2c(c(=O)[nH]1)CCC2. The second-order valence-corrected chi connectivity index (χ2v) is 3.17. The molecule has 1 aromatic heterocycles. The first-order valence-electron chi connectivity index (χ1n) is 4.35. The number of hydrogen-bond acceptors (Lipinski definition) is 2. The zero-order valence-corrected chi connectivity index (χ0v) is 7.26. The van der Waals surface area contributed by atoms with Crippen LogP contribution in [0.2, 0.25) is 0 Å². The van der Waals surface area contributed by atoms with Crippen LogP contribution in [0.3, 0.4) is 0 Å². The second-order valence-electron chi connectivity index (χ2n) is 3.17. The molecule has 0 atom stereocenters. The first-order valence-corrected chi connectivity index (χ1v) is 4.35. The smallest absolute Gasteiger partial charge is 0.254 e. The molecule has 3 nitrogen and oxygen atoms in total. The van der Waals surface area contributed by atoms with Crippen LogP contribution >= 0.6 is 0 Å². The van der Waals surface area contributed by atoms with Gasteiger partial charge in [-0.3, -0.25) is 4.79 Å². The molecule has 1 aliphatic carbocycles. The molecule has 0 amide bonds. The highest BCUT2D eigenvalue weighted by atomic mass is 16.1. The molecular weight excluding hydrogens is 164 g/mol. The maximum absolute atomic E-state index is 11.4. The predicted octanol–water partition coefficient (Wildman–Crippen LogP) is 0.434. The Hall–Kier alpha value is -1.56. The fraction of sp³-hybridized carbons (Fsp3) is 0.400. The van der Waals surface area contributed by atoms with Crippen molar-refractivity contribution in [3.63, 3.8) is 0 Å². The lowest BCUT2D eigenvalue weighted by molar-refractivity contribution is 0.890. The molecule has 0 saturated heterocycles. The maximum Gasteiger partial charge on any atom is 0.254 e. The van der Waals surface area contributed by atoms with E-state index in [1.165, 1.54) is 0 Å². The number of nitrogens with one attached hydrogen (secondary N) is 1. The zero-order valence-electron chi connectivity index (χ0n) is 7.26. The number of aryl methyl sites for hydroxylation is 1. The molecule has 0 unspecified atom stereocenters. The number of nitrogens with zero attached hydrogens (tertiary/aromatic N) is 1. The summed E-state index contributed by atoms with van der Waals surface area (Å²) in [6.45, 7) is 0. The molecule has 0 aromatic carbocycles. The van der Waals surface area contributed by atoms with E-state index in [2.05, 4.69) is 15.9 Å². The van der Waals surface area contributed by atoms with Crippen LogP contribution in [-0.2, 0) is 19.3 Å². The molecule has 1 heterocycles. The van der Waals surface area contributed by atoms with Crippen molar-refractivity contribution in [2.45, 2.75) is 25.7 Å². The Morgan fingerprint density at radius 2 is 2.38 bits per heavy atom. The average molecular weight is 174 g/mol. The molecule has 66 valence electrons. The summed E-state index contributed by atoms with van der Waals surface area (Å²) < 4.78 is 0. The van der Waals surface area contributed by atoms with Crippen molar-refractivity contribution in [1.82, 2.24) is 9.97 Å². The van der Waals surface area contributed by atoms with Gasteiger partial charge in [0.15, 0.2) is 0 Å². The number of aromatic amines is 1. The van der Waals surface area contributed by atoms with Gasteiger partial charge in [-0.1, -0.05) is 5.92 Å². The lowest BCUT2D eigenvalue weighted by atomic mass is 10.2. The molecule has 1 N–H and O–H groups in total. The van der Waals surface area contributed by atoms with Gasteiger partial charge in [0.05, 0.1) is 12.1 Å². The Kier molecular flexibility index (Phi) is 1.90. The van der Waals surface area contributed by atoms with Gasteiger partial charge in [-0.05, 0) is 19.3 Å². The van der Waals surface area contributed by atoms with Gasteiger partial charge in [0, 0.05) is 5.56 Å². The lowest BCUT2D eigenvalue weighted by Crippen LogP contribution is -2.16. The molecule has 0 aliphatic heterocycles. The Balaban J connectivity index is 2.51. The topological polar surface area (TPSA) is 45.8 Å². The van der Waals surface area contributed by atoms with Crippen molar-refractivity contribution < 1.29 is 0 Å². The summed E-state index contributed by atoms with van der Waals surface area (Å²) in [6, 6.07) is 0. The zero-order chi connectivity index (χ0) is 9.26. The summed E-state index contributed by atoms with van der Waals surface area (Å²) in [4.78, 5) is 18.4. The van der Waals surface area contributed by atoms with Crippen LogP contribution in [0.4, 0.5) is 0 Å². The van der Waals surface area contributed by atoms with Gasteiger partial charge >= 0.3 is 0 Å². The minimum atomic E-state index is -0.00671. The molecule has 0 saturated carbocycles.